The van der Waals surface area contributed by atoms with Crippen LogP contribution in [0.25, 0.3) is 0 Å². The van der Waals surface area contributed by atoms with Gasteiger partial charge in [0.05, 0.1) is 23.4 Å². The van der Waals surface area contributed by atoms with E-state index in [1.807, 2.05) is 6.92 Å². The molecule has 10 heteroatoms. The van der Waals surface area contributed by atoms with E-state index in [1.165, 1.54) is 16.4 Å². The van der Waals surface area contributed by atoms with Crippen LogP contribution in [0.15, 0.2) is 45.9 Å². The number of nitrogens with one attached hydrogen (secondary N) is 2. The number of amides is 2. The quantitative estimate of drug-likeness (QED) is 0.700. The molecule has 0 saturated carbocycles. The van der Waals surface area contributed by atoms with Gasteiger partial charge < -0.3 is 19.8 Å². The van der Waals surface area contributed by atoms with Gasteiger partial charge in [-0.25, -0.2) is 8.42 Å². The lowest BCUT2D eigenvalue weighted by molar-refractivity contribution is -0.126. The number of fused-ring (bicyclic) bond motifs is 1. The van der Waals surface area contributed by atoms with Gasteiger partial charge in [-0.05, 0) is 49.6 Å². The summed E-state index contributed by atoms with van der Waals surface area (Å²) in [5.74, 6) is 0.488. The van der Waals surface area contributed by atoms with Crippen LogP contribution in [0.5, 0.6) is 5.75 Å². The smallest absolute Gasteiger partial charge is 0.265 e. The highest BCUT2D eigenvalue weighted by molar-refractivity contribution is 7.89. The summed E-state index contributed by atoms with van der Waals surface area (Å²) in [6.45, 7) is 2.65. The number of ether oxygens (including phenoxy) is 1. The van der Waals surface area contributed by atoms with Crippen LogP contribution in [0.3, 0.4) is 0 Å². The van der Waals surface area contributed by atoms with Crippen LogP contribution < -0.4 is 15.4 Å². The second-order valence-electron chi connectivity index (χ2n) is 7.64. The van der Waals surface area contributed by atoms with E-state index < -0.39 is 16.1 Å². The van der Waals surface area contributed by atoms with Crippen molar-refractivity contribution in [1.82, 2.24) is 9.62 Å². The molecular weight excluding hydrogens is 422 g/mol. The van der Waals surface area contributed by atoms with E-state index in [0.29, 0.717) is 43.0 Å². The number of hydrogen-bond donors (Lipinski definition) is 2. The second kappa shape index (κ2) is 8.72. The summed E-state index contributed by atoms with van der Waals surface area (Å²) in [6, 6.07) is 8.02. The summed E-state index contributed by atoms with van der Waals surface area (Å²) in [4.78, 5) is 24.5. The number of furan rings is 1. The van der Waals surface area contributed by atoms with Crippen molar-refractivity contribution in [3.8, 4) is 5.75 Å². The number of hydrogen-bond acceptors (Lipinski definition) is 6. The minimum Gasteiger partial charge on any atom is -0.478 e. The number of carbonyl (C=O) groups excluding carboxylic acids is 2. The normalized spacial score (nSPS) is 19.9. The number of sulfonamides is 1. The van der Waals surface area contributed by atoms with E-state index in [-0.39, 0.29) is 35.7 Å². The van der Waals surface area contributed by atoms with E-state index in [2.05, 4.69) is 10.6 Å². The van der Waals surface area contributed by atoms with Crippen LogP contribution in [0, 0.1) is 5.92 Å². The molecule has 1 aromatic heterocycles. The molecule has 3 heterocycles. The molecule has 2 aliphatic heterocycles. The molecule has 166 valence electrons. The van der Waals surface area contributed by atoms with Gasteiger partial charge in [-0.15, -0.1) is 0 Å². The van der Waals surface area contributed by atoms with E-state index in [4.69, 9.17) is 9.15 Å². The van der Waals surface area contributed by atoms with Crippen LogP contribution in [0.4, 0.5) is 5.69 Å². The van der Waals surface area contributed by atoms with Crippen molar-refractivity contribution < 1.29 is 27.2 Å². The first-order valence-electron chi connectivity index (χ1n) is 10.3. The van der Waals surface area contributed by atoms with Crippen molar-refractivity contribution in [1.29, 1.82) is 0 Å². The van der Waals surface area contributed by atoms with Gasteiger partial charge in [-0.1, -0.05) is 6.92 Å². The molecule has 2 amide bonds. The molecule has 0 unspecified atom stereocenters. The average Bonchev–Trinajstić information content (AvgIpc) is 3.30. The van der Waals surface area contributed by atoms with Crippen molar-refractivity contribution >= 4 is 27.5 Å². The molecule has 2 aliphatic rings. The maximum absolute atomic E-state index is 13.1. The Morgan fingerprint density at radius 1 is 1.26 bits per heavy atom. The molecular formula is C21H25N3O6S. The predicted molar refractivity (Wildman–Crippen MR) is 112 cm³/mol. The Morgan fingerprint density at radius 3 is 2.71 bits per heavy atom. The number of carbonyl (C=O) groups is 2. The zero-order valence-electron chi connectivity index (χ0n) is 17.2. The molecule has 1 fully saturated rings. The third kappa shape index (κ3) is 4.45. The van der Waals surface area contributed by atoms with Crippen molar-refractivity contribution in [2.24, 2.45) is 5.92 Å². The SMILES string of the molecule is CC[C@H]1Oc2ccc(S(=O)(=O)N3CCC(C(=O)NCc4ccco4)CC3)cc2NC1=O. The summed E-state index contributed by atoms with van der Waals surface area (Å²) in [5, 5.41) is 5.55. The Bertz CT molecular complexity index is 1060. The minimum absolute atomic E-state index is 0.0887. The summed E-state index contributed by atoms with van der Waals surface area (Å²) >= 11 is 0. The third-order valence-electron chi connectivity index (χ3n) is 5.62. The summed E-state index contributed by atoms with van der Waals surface area (Å²) < 4.78 is 38.4. The van der Waals surface area contributed by atoms with Crippen LogP contribution in [-0.2, 0) is 26.2 Å². The molecule has 0 aliphatic carbocycles. The highest BCUT2D eigenvalue weighted by Gasteiger charge is 2.33. The Balaban J connectivity index is 1.38. The van der Waals surface area contributed by atoms with Gasteiger partial charge in [0.25, 0.3) is 5.91 Å². The van der Waals surface area contributed by atoms with E-state index in [1.54, 1.807) is 24.5 Å². The molecule has 1 aromatic carbocycles. The number of nitrogens with zero attached hydrogens (tertiary/aromatic N) is 1. The fourth-order valence-corrected chi connectivity index (χ4v) is 5.29. The van der Waals surface area contributed by atoms with Crippen LogP contribution >= 0.6 is 0 Å². The van der Waals surface area contributed by atoms with Crippen molar-refractivity contribution in [2.75, 3.05) is 18.4 Å². The summed E-state index contributed by atoms with van der Waals surface area (Å²) in [5.41, 5.74) is 0.350. The maximum Gasteiger partial charge on any atom is 0.265 e. The fraction of sp³-hybridized carbons (Fsp3) is 0.429. The first-order chi connectivity index (χ1) is 14.9. The zero-order valence-corrected chi connectivity index (χ0v) is 18.0. The van der Waals surface area contributed by atoms with Gasteiger partial charge in [0.15, 0.2) is 6.10 Å². The van der Waals surface area contributed by atoms with Gasteiger partial charge >= 0.3 is 0 Å². The van der Waals surface area contributed by atoms with Gasteiger partial charge in [0.2, 0.25) is 15.9 Å². The zero-order chi connectivity index (χ0) is 22.0. The van der Waals surface area contributed by atoms with Crippen LogP contribution in [-0.4, -0.2) is 43.7 Å². The Hall–Kier alpha value is -2.85. The Morgan fingerprint density at radius 2 is 2.03 bits per heavy atom. The molecule has 2 aromatic rings. The number of benzene rings is 1. The number of anilines is 1. The third-order valence-corrected chi connectivity index (χ3v) is 7.52. The van der Waals surface area contributed by atoms with E-state index >= 15 is 0 Å². The van der Waals surface area contributed by atoms with Gasteiger partial charge in [-0.3, -0.25) is 9.59 Å². The van der Waals surface area contributed by atoms with Crippen LogP contribution in [0.1, 0.15) is 31.9 Å². The molecule has 1 atom stereocenters. The van der Waals surface area contributed by atoms with Crippen molar-refractivity contribution in [3.05, 3.63) is 42.4 Å². The van der Waals surface area contributed by atoms with E-state index in [9.17, 15) is 18.0 Å². The van der Waals surface area contributed by atoms with E-state index in [0.717, 1.165) is 0 Å². The molecule has 4 rings (SSSR count). The number of rotatable bonds is 6. The van der Waals surface area contributed by atoms with Gasteiger partial charge in [0.1, 0.15) is 11.5 Å². The first kappa shape index (κ1) is 21.4. The maximum atomic E-state index is 13.1. The highest BCUT2D eigenvalue weighted by Crippen LogP contribution is 2.34. The molecule has 2 N–H and O–H groups in total. The average molecular weight is 448 g/mol. The van der Waals surface area contributed by atoms with Gasteiger partial charge in [-0.2, -0.15) is 4.31 Å². The van der Waals surface area contributed by atoms with Gasteiger partial charge in [0, 0.05) is 19.0 Å². The summed E-state index contributed by atoms with van der Waals surface area (Å²) in [6.07, 6.45) is 2.37. The fourth-order valence-electron chi connectivity index (χ4n) is 3.80. The Kier molecular flexibility index (Phi) is 6.01. The standard InChI is InChI=1S/C21H25N3O6S/c1-2-18-21(26)23-17-12-16(5-6-19(17)30-18)31(27,28)24-9-7-14(8-10-24)20(25)22-13-15-4-3-11-29-15/h3-6,11-12,14,18H,2,7-10,13H2,1H3,(H,22,25)(H,23,26)/t18-/m1/s1. The minimum atomic E-state index is -3.75. The lowest BCUT2D eigenvalue weighted by Gasteiger charge is -2.31. The lowest BCUT2D eigenvalue weighted by Crippen LogP contribution is -2.43. The monoisotopic (exact) mass is 447 g/mol. The number of piperidine rings is 1. The lowest BCUT2D eigenvalue weighted by atomic mass is 9.97. The molecule has 0 bridgehead atoms. The topological polar surface area (TPSA) is 118 Å². The first-order valence-corrected chi connectivity index (χ1v) is 11.7. The Labute approximate surface area is 180 Å². The molecule has 31 heavy (non-hydrogen) atoms. The van der Waals surface area contributed by atoms with Crippen molar-refractivity contribution in [3.63, 3.8) is 0 Å². The van der Waals surface area contributed by atoms with Crippen LogP contribution in [0.2, 0.25) is 0 Å². The second-order valence-corrected chi connectivity index (χ2v) is 9.58. The molecule has 0 radical (unpaired) electrons. The molecule has 0 spiro atoms. The molecule has 1 saturated heterocycles. The largest absolute Gasteiger partial charge is 0.478 e. The summed E-state index contributed by atoms with van der Waals surface area (Å²) in [7, 11) is -3.75. The van der Waals surface area contributed by atoms with Crippen molar-refractivity contribution in [2.45, 2.75) is 43.7 Å². The predicted octanol–water partition coefficient (Wildman–Crippen LogP) is 2.11. The highest BCUT2D eigenvalue weighted by atomic mass is 32.2. The molecule has 9 nitrogen and oxygen atoms in total.